The first kappa shape index (κ1) is 5.95. The van der Waals surface area contributed by atoms with Gasteiger partial charge < -0.3 is 4.98 Å². The first-order valence-electron chi connectivity index (χ1n) is 5.91. The lowest BCUT2D eigenvalue weighted by molar-refractivity contribution is 0.751. The fourth-order valence-electron chi connectivity index (χ4n) is 1.42. The number of aromatic amines is 1. The first-order valence-corrected chi connectivity index (χ1v) is 4.41. The van der Waals surface area contributed by atoms with Gasteiger partial charge >= 0.3 is 0 Å². The number of nitrogens with one attached hydrogen (secondary N) is 1. The lowest BCUT2D eigenvalue weighted by Gasteiger charge is -1.90. The predicted octanol–water partition coefficient (Wildman–Crippen LogP) is 0.609. The van der Waals surface area contributed by atoms with Gasteiger partial charge in [0.25, 0.3) is 5.56 Å². The van der Waals surface area contributed by atoms with Crippen LogP contribution in [0, 0.1) is 0 Å². The van der Waals surface area contributed by atoms with Crippen LogP contribution in [-0.4, -0.2) is 19.7 Å². The second-order valence-electron chi connectivity index (χ2n) is 3.04. The number of hydrogen-bond donors (Lipinski definition) is 1. The molecule has 0 aromatic carbocycles. The summed E-state index contributed by atoms with van der Waals surface area (Å²) in [5, 5.41) is 3.98. The minimum Gasteiger partial charge on any atom is -0.311 e. The molecule has 0 aliphatic carbocycles. The molecule has 14 heavy (non-hydrogen) atoms. The third-order valence-electron chi connectivity index (χ3n) is 2.02. The quantitative estimate of drug-likeness (QED) is 0.763. The molecule has 0 saturated carbocycles. The molecular weight excluding hydrogens is 180 g/mol. The largest absolute Gasteiger partial charge is 0.311 e. The van der Waals surface area contributed by atoms with Crippen LogP contribution in [0.4, 0.5) is 0 Å². The molecule has 74 valence electrons. The van der Waals surface area contributed by atoms with E-state index in [-0.39, 0.29) is 5.52 Å². The van der Waals surface area contributed by atoms with Gasteiger partial charge in [0, 0.05) is 11.1 Å². The van der Waals surface area contributed by atoms with Crippen molar-refractivity contribution < 1.29 is 4.11 Å². The van der Waals surface area contributed by atoms with Crippen molar-refractivity contribution in [2.75, 3.05) is 0 Å². The van der Waals surface area contributed by atoms with E-state index in [1.54, 1.807) is 0 Å². The van der Waals surface area contributed by atoms with Crippen molar-refractivity contribution in [2.45, 2.75) is 19.8 Å². The molecule has 0 radical (unpaired) electrons. The summed E-state index contributed by atoms with van der Waals surface area (Å²) in [6.07, 6.45) is 2.66. The number of fused-ring (bicyclic) bond motifs is 1. The molecule has 5 heteroatoms. The number of rotatable bonds is 2. The van der Waals surface area contributed by atoms with Gasteiger partial charge in [0.2, 0.25) is 0 Å². The highest BCUT2D eigenvalue weighted by Gasteiger charge is 2.11. The molecule has 0 spiro atoms. The van der Waals surface area contributed by atoms with Crippen LogP contribution < -0.4 is 5.56 Å². The number of aromatic nitrogens is 4. The Balaban J connectivity index is 2.81. The monoisotopic (exact) mass is 195 g/mol. The van der Waals surface area contributed by atoms with Crippen LogP contribution in [0.25, 0.3) is 11.0 Å². The third-order valence-corrected chi connectivity index (χ3v) is 2.02. The fraction of sp³-hybridized carbons (Fsp3) is 0.444. The smallest absolute Gasteiger partial charge is 0.276 e. The Morgan fingerprint density at radius 3 is 3.29 bits per heavy atom. The van der Waals surface area contributed by atoms with E-state index in [1.807, 2.05) is 6.92 Å². The summed E-state index contributed by atoms with van der Waals surface area (Å²) in [4.78, 5) is 18.0. The standard InChI is InChI=1S/C9H12N4O/c1-3-4-6-7-8(13(2)12-6)9(14)11-5-10-7/h5H,3-4H2,1-2H3,(H,10,11,14)/i2D3. The van der Waals surface area contributed by atoms with E-state index in [4.69, 9.17) is 4.11 Å². The molecule has 0 amide bonds. The summed E-state index contributed by atoms with van der Waals surface area (Å²) >= 11 is 0. The molecule has 2 heterocycles. The molecule has 0 atom stereocenters. The molecule has 2 rings (SSSR count). The van der Waals surface area contributed by atoms with Gasteiger partial charge in [0.15, 0.2) is 5.52 Å². The Labute approximate surface area is 85.0 Å². The molecule has 0 bridgehead atoms. The molecule has 1 N–H and O–H groups in total. The van der Waals surface area contributed by atoms with Crippen molar-refractivity contribution in [1.29, 1.82) is 0 Å². The number of hydrogen-bond acceptors (Lipinski definition) is 3. The van der Waals surface area contributed by atoms with Crippen molar-refractivity contribution >= 4 is 11.0 Å². The van der Waals surface area contributed by atoms with E-state index < -0.39 is 12.5 Å². The van der Waals surface area contributed by atoms with Crippen molar-refractivity contribution in [3.8, 4) is 0 Å². The number of nitrogens with zero attached hydrogens (tertiary/aromatic N) is 3. The lowest BCUT2D eigenvalue weighted by atomic mass is 10.2. The van der Waals surface area contributed by atoms with Gasteiger partial charge in [-0.25, -0.2) is 4.98 Å². The Bertz CT molecular complexity index is 598. The van der Waals surface area contributed by atoms with Gasteiger partial charge in [-0.2, -0.15) is 5.10 Å². The Hall–Kier alpha value is -1.65. The molecule has 0 unspecified atom stereocenters. The molecule has 2 aromatic rings. The average Bonchev–Trinajstić information content (AvgIpc) is 2.59. The van der Waals surface area contributed by atoms with Crippen molar-refractivity contribution in [2.24, 2.45) is 6.98 Å². The Morgan fingerprint density at radius 2 is 2.57 bits per heavy atom. The van der Waals surface area contributed by atoms with E-state index in [9.17, 15) is 4.79 Å². The number of aryl methyl sites for hydroxylation is 2. The minimum absolute atomic E-state index is 0.0101. The zero-order valence-electron chi connectivity index (χ0n) is 10.7. The van der Waals surface area contributed by atoms with E-state index in [1.165, 1.54) is 6.33 Å². The molecule has 2 aromatic heterocycles. The van der Waals surface area contributed by atoms with Crippen molar-refractivity contribution in [3.63, 3.8) is 0 Å². The predicted molar refractivity (Wildman–Crippen MR) is 53.1 cm³/mol. The highest BCUT2D eigenvalue weighted by atomic mass is 16.1. The normalized spacial score (nSPS) is 15.1. The highest BCUT2D eigenvalue weighted by molar-refractivity contribution is 5.76. The Kier molecular flexibility index (Phi) is 1.38. The van der Waals surface area contributed by atoms with Crippen molar-refractivity contribution in [1.82, 2.24) is 19.7 Å². The van der Waals surface area contributed by atoms with Gasteiger partial charge in [-0.1, -0.05) is 13.3 Å². The van der Waals surface area contributed by atoms with E-state index in [0.29, 0.717) is 17.6 Å². The van der Waals surface area contributed by atoms with Crippen LogP contribution in [-0.2, 0) is 13.4 Å². The zero-order chi connectivity index (χ0) is 12.6. The highest BCUT2D eigenvalue weighted by Crippen LogP contribution is 2.11. The summed E-state index contributed by atoms with van der Waals surface area (Å²) in [6.45, 7) is -0.520. The fourth-order valence-corrected chi connectivity index (χ4v) is 1.42. The van der Waals surface area contributed by atoms with Crippen molar-refractivity contribution in [3.05, 3.63) is 22.4 Å². The summed E-state index contributed by atoms with van der Waals surface area (Å²) < 4.78 is 22.8. The SMILES string of the molecule is [2H]C([2H])([2H])n1nc(CCC)c2nc[nH]c(=O)c21. The van der Waals surface area contributed by atoms with Gasteiger partial charge in [-0.15, -0.1) is 0 Å². The summed E-state index contributed by atoms with van der Waals surface area (Å²) in [6, 6.07) is 0. The van der Waals surface area contributed by atoms with E-state index in [2.05, 4.69) is 15.1 Å². The summed E-state index contributed by atoms with van der Waals surface area (Å²) in [7, 11) is 0. The molecule has 5 nitrogen and oxygen atoms in total. The van der Waals surface area contributed by atoms with Crippen LogP contribution in [0.5, 0.6) is 0 Å². The van der Waals surface area contributed by atoms with Gasteiger partial charge in [-0.3, -0.25) is 9.48 Å². The van der Waals surface area contributed by atoms with E-state index >= 15 is 0 Å². The number of H-pyrrole nitrogens is 1. The second kappa shape index (κ2) is 3.25. The van der Waals surface area contributed by atoms with Crippen LogP contribution in [0.3, 0.4) is 0 Å². The molecule has 0 fully saturated rings. The van der Waals surface area contributed by atoms with Crippen LogP contribution >= 0.6 is 0 Å². The molecular formula is C9H12N4O. The Morgan fingerprint density at radius 1 is 1.71 bits per heavy atom. The second-order valence-corrected chi connectivity index (χ2v) is 3.04. The first-order chi connectivity index (χ1) is 7.95. The van der Waals surface area contributed by atoms with Crippen LogP contribution in [0.15, 0.2) is 11.1 Å². The third kappa shape index (κ3) is 1.21. The van der Waals surface area contributed by atoms with Crippen LogP contribution in [0.2, 0.25) is 0 Å². The zero-order valence-corrected chi connectivity index (χ0v) is 7.74. The average molecular weight is 195 g/mol. The summed E-state index contributed by atoms with van der Waals surface area (Å²) in [5.74, 6) is 0. The van der Waals surface area contributed by atoms with Crippen LogP contribution in [0.1, 0.15) is 23.2 Å². The topological polar surface area (TPSA) is 63.6 Å². The maximum absolute atomic E-state index is 11.7. The summed E-state index contributed by atoms with van der Waals surface area (Å²) in [5.41, 5.74) is 0.438. The molecule has 0 aliphatic rings. The maximum atomic E-state index is 11.7. The minimum atomic E-state index is -2.47. The molecule has 0 saturated heterocycles. The lowest BCUT2D eigenvalue weighted by Crippen LogP contribution is -2.09. The van der Waals surface area contributed by atoms with E-state index in [0.717, 1.165) is 11.1 Å². The van der Waals surface area contributed by atoms with Gasteiger partial charge in [-0.05, 0) is 6.42 Å². The molecule has 0 aliphatic heterocycles. The van der Waals surface area contributed by atoms with Gasteiger partial charge in [0.1, 0.15) is 5.52 Å². The maximum Gasteiger partial charge on any atom is 0.276 e. The van der Waals surface area contributed by atoms with Gasteiger partial charge in [0.05, 0.1) is 12.0 Å².